The highest BCUT2D eigenvalue weighted by atomic mass is 16.2. The zero-order valence-corrected chi connectivity index (χ0v) is 22.2. The van der Waals surface area contributed by atoms with Gasteiger partial charge in [-0.2, -0.15) is 0 Å². The van der Waals surface area contributed by atoms with Crippen LogP contribution in [0.4, 0.5) is 11.4 Å². The molecule has 0 aliphatic carbocycles. The maximum atomic E-state index is 13.6. The Hall–Kier alpha value is -4.71. The molecule has 2 atom stereocenters. The smallest absolute Gasteiger partial charge is 0.258 e. The van der Waals surface area contributed by atoms with E-state index >= 15 is 0 Å². The van der Waals surface area contributed by atoms with E-state index in [1.165, 1.54) is 0 Å². The number of rotatable bonds is 4. The van der Waals surface area contributed by atoms with E-state index in [-0.39, 0.29) is 23.9 Å². The Labute approximate surface area is 229 Å². The number of carbonyl (C=O) groups excluding carboxylic acids is 2. The average Bonchev–Trinajstić information content (AvgIpc) is 3.42. The molecule has 0 aromatic heterocycles. The van der Waals surface area contributed by atoms with Crippen molar-refractivity contribution in [2.75, 3.05) is 16.8 Å². The van der Waals surface area contributed by atoms with E-state index in [1.54, 1.807) is 30.6 Å². The molecule has 2 unspecified atom stereocenters. The zero-order valence-electron chi connectivity index (χ0n) is 22.2. The van der Waals surface area contributed by atoms with Crippen LogP contribution in [0.2, 0.25) is 0 Å². The lowest BCUT2D eigenvalue weighted by Crippen LogP contribution is -2.34. The summed E-state index contributed by atoms with van der Waals surface area (Å²) in [5, 5.41) is 6.30. The fraction of sp³-hybridized carbons (Fsp3) is 0.182. The second-order valence-corrected chi connectivity index (χ2v) is 9.24. The number of benzene rings is 4. The zero-order chi connectivity index (χ0) is 27.2. The van der Waals surface area contributed by atoms with Crippen molar-refractivity contribution in [2.45, 2.75) is 32.4 Å². The van der Waals surface area contributed by atoms with Crippen molar-refractivity contribution in [3.8, 4) is 11.1 Å². The Morgan fingerprint density at radius 1 is 0.846 bits per heavy atom. The van der Waals surface area contributed by atoms with Crippen LogP contribution < -0.4 is 15.5 Å². The molecule has 39 heavy (non-hydrogen) atoms. The van der Waals surface area contributed by atoms with Crippen molar-refractivity contribution in [2.24, 2.45) is 4.99 Å². The van der Waals surface area contributed by atoms with Gasteiger partial charge in [-0.15, -0.1) is 0 Å². The Bertz CT molecular complexity index is 1480. The summed E-state index contributed by atoms with van der Waals surface area (Å²) in [6.07, 6.45) is 2.58. The number of aliphatic imine (C=N–C) groups is 1. The van der Waals surface area contributed by atoms with E-state index in [0.29, 0.717) is 23.4 Å². The van der Waals surface area contributed by atoms with Gasteiger partial charge in [-0.3, -0.25) is 14.6 Å². The maximum absolute atomic E-state index is 13.6. The number of nitrogens with one attached hydrogen (secondary N) is 2. The lowest BCUT2D eigenvalue weighted by atomic mass is 9.99. The normalized spacial score (nSPS) is 17.0. The van der Waals surface area contributed by atoms with Crippen LogP contribution in [-0.4, -0.2) is 30.7 Å². The minimum absolute atomic E-state index is 0.0188. The highest BCUT2D eigenvalue weighted by Gasteiger charge is 2.34. The summed E-state index contributed by atoms with van der Waals surface area (Å²) in [6, 6.07) is 32.7. The van der Waals surface area contributed by atoms with E-state index in [9.17, 15) is 9.59 Å². The first kappa shape index (κ1) is 25.9. The van der Waals surface area contributed by atoms with E-state index < -0.39 is 0 Å². The monoisotopic (exact) mass is 516 g/mol. The van der Waals surface area contributed by atoms with Crippen molar-refractivity contribution in [1.82, 2.24) is 5.32 Å². The molecule has 0 bridgehead atoms. The van der Waals surface area contributed by atoms with Gasteiger partial charge >= 0.3 is 0 Å². The minimum atomic E-state index is -0.195. The van der Waals surface area contributed by atoms with Gasteiger partial charge in [0.25, 0.3) is 11.8 Å². The third-order valence-electron chi connectivity index (χ3n) is 7.01. The van der Waals surface area contributed by atoms with Crippen molar-refractivity contribution in [3.05, 3.63) is 120 Å². The predicted molar refractivity (Wildman–Crippen MR) is 159 cm³/mol. The summed E-state index contributed by atoms with van der Waals surface area (Å²) in [7, 11) is 0. The standard InChI is InChI=1S/C31H26N4O2.C2H6/c36-30(25-11-5-4-10-24(25)21-8-2-1-3-9-21)34-23-16-14-22(15-17-23)31(37)35-19-18-27-29(33-20-32-27)26-12-6-7-13-28(26)35;1-2/h1-17,20,27,29H,18-19H2,(H,32,33)(H,34,36);1-2H3. The molecule has 0 radical (unpaired) electrons. The van der Waals surface area contributed by atoms with Crippen LogP contribution in [0, 0.1) is 0 Å². The summed E-state index contributed by atoms with van der Waals surface area (Å²) < 4.78 is 0. The maximum Gasteiger partial charge on any atom is 0.258 e. The highest BCUT2D eigenvalue weighted by molar-refractivity contribution is 6.10. The fourth-order valence-electron chi connectivity index (χ4n) is 5.14. The minimum Gasteiger partial charge on any atom is -0.371 e. The Kier molecular flexibility index (Phi) is 7.83. The molecule has 0 fully saturated rings. The summed E-state index contributed by atoms with van der Waals surface area (Å²) >= 11 is 0. The van der Waals surface area contributed by atoms with E-state index in [1.807, 2.05) is 91.5 Å². The van der Waals surface area contributed by atoms with Crippen molar-refractivity contribution in [1.29, 1.82) is 0 Å². The predicted octanol–water partition coefficient (Wildman–Crippen LogP) is 6.72. The van der Waals surface area contributed by atoms with Gasteiger partial charge in [0.05, 0.1) is 18.4 Å². The quantitative estimate of drug-likeness (QED) is 0.316. The fourth-order valence-corrected chi connectivity index (χ4v) is 5.14. The van der Waals surface area contributed by atoms with Gasteiger partial charge in [0.15, 0.2) is 0 Å². The van der Waals surface area contributed by atoms with Gasteiger partial charge in [-0.05, 0) is 53.9 Å². The van der Waals surface area contributed by atoms with Gasteiger partial charge in [-0.25, -0.2) is 0 Å². The molecule has 2 aliphatic rings. The van der Waals surface area contributed by atoms with Crippen LogP contribution in [0.1, 0.15) is 52.6 Å². The number of para-hydroxylation sites is 1. The molecular formula is C33H32N4O2. The largest absolute Gasteiger partial charge is 0.371 e. The number of nitrogens with zero attached hydrogens (tertiary/aromatic N) is 2. The summed E-state index contributed by atoms with van der Waals surface area (Å²) in [5.41, 5.74) is 5.61. The molecule has 4 aromatic carbocycles. The molecule has 2 aliphatic heterocycles. The second kappa shape index (κ2) is 11.8. The van der Waals surface area contributed by atoms with Crippen LogP contribution in [-0.2, 0) is 0 Å². The molecule has 6 heteroatoms. The molecule has 2 amide bonds. The van der Waals surface area contributed by atoms with Gasteiger partial charge < -0.3 is 15.5 Å². The van der Waals surface area contributed by atoms with Crippen LogP contribution in [0.5, 0.6) is 0 Å². The molecular weight excluding hydrogens is 484 g/mol. The molecule has 196 valence electrons. The molecule has 4 aromatic rings. The number of amides is 2. The number of anilines is 2. The van der Waals surface area contributed by atoms with E-state index in [2.05, 4.69) is 21.7 Å². The summed E-state index contributed by atoms with van der Waals surface area (Å²) in [6.45, 7) is 4.60. The SMILES string of the molecule is CC.O=C(Nc1ccc(C(=O)N2CCC3NC=NC3c3ccccc32)cc1)c1ccccc1-c1ccccc1. The van der Waals surface area contributed by atoms with Gasteiger partial charge in [0, 0.05) is 34.6 Å². The van der Waals surface area contributed by atoms with Crippen molar-refractivity contribution >= 4 is 29.5 Å². The van der Waals surface area contributed by atoms with Gasteiger partial charge in [0.2, 0.25) is 0 Å². The first-order valence-electron chi connectivity index (χ1n) is 13.4. The van der Waals surface area contributed by atoms with E-state index in [4.69, 9.17) is 0 Å². The van der Waals surface area contributed by atoms with E-state index in [0.717, 1.165) is 28.8 Å². The molecule has 6 nitrogen and oxygen atoms in total. The topological polar surface area (TPSA) is 73.8 Å². The number of carbonyl (C=O) groups is 2. The van der Waals surface area contributed by atoms with Crippen LogP contribution >= 0.6 is 0 Å². The average molecular weight is 517 g/mol. The Balaban J connectivity index is 0.00000151. The number of hydrogen-bond donors (Lipinski definition) is 2. The molecule has 0 spiro atoms. The third kappa shape index (κ3) is 5.32. The molecule has 2 N–H and O–H groups in total. The number of hydrogen-bond acceptors (Lipinski definition) is 4. The second-order valence-electron chi connectivity index (χ2n) is 9.24. The van der Waals surface area contributed by atoms with Gasteiger partial charge in [-0.1, -0.05) is 80.6 Å². The summed E-state index contributed by atoms with van der Waals surface area (Å²) in [4.78, 5) is 33.2. The van der Waals surface area contributed by atoms with Crippen molar-refractivity contribution < 1.29 is 9.59 Å². The molecule has 2 heterocycles. The third-order valence-corrected chi connectivity index (χ3v) is 7.01. The van der Waals surface area contributed by atoms with Crippen molar-refractivity contribution in [3.63, 3.8) is 0 Å². The first-order valence-corrected chi connectivity index (χ1v) is 13.4. The number of fused-ring (bicyclic) bond motifs is 3. The summed E-state index contributed by atoms with van der Waals surface area (Å²) in [5.74, 6) is -0.261. The molecule has 0 saturated carbocycles. The lowest BCUT2D eigenvalue weighted by molar-refractivity contribution is 0.0985. The molecule has 0 saturated heterocycles. The molecule has 6 rings (SSSR count). The van der Waals surface area contributed by atoms with Gasteiger partial charge in [0.1, 0.15) is 0 Å². The van der Waals surface area contributed by atoms with Crippen LogP contribution in [0.15, 0.2) is 108 Å². The first-order chi connectivity index (χ1) is 19.2. The Morgan fingerprint density at radius 3 is 2.33 bits per heavy atom. The Morgan fingerprint density at radius 2 is 1.54 bits per heavy atom. The van der Waals surface area contributed by atoms with Crippen LogP contribution in [0.25, 0.3) is 11.1 Å². The highest BCUT2D eigenvalue weighted by Crippen LogP contribution is 2.37. The van der Waals surface area contributed by atoms with Crippen LogP contribution in [0.3, 0.4) is 0 Å². The lowest BCUT2D eigenvalue weighted by Gasteiger charge is -2.23.